The van der Waals surface area contributed by atoms with Crippen LogP contribution in [0.4, 0.5) is 5.69 Å². The van der Waals surface area contributed by atoms with Crippen LogP contribution in [0, 0.1) is 0 Å². The Hall–Kier alpha value is -1.47. The topological polar surface area (TPSA) is 12.0 Å². The first-order valence-corrected chi connectivity index (χ1v) is 7.68. The van der Waals surface area contributed by atoms with E-state index in [-0.39, 0.29) is 6.04 Å². The lowest BCUT2D eigenvalue weighted by atomic mass is 10.0. The van der Waals surface area contributed by atoms with Gasteiger partial charge in [-0.1, -0.05) is 55.3 Å². The summed E-state index contributed by atoms with van der Waals surface area (Å²) >= 11 is 6.00. The number of halogens is 1. The van der Waals surface area contributed by atoms with Crippen LogP contribution in [0.2, 0.25) is 5.02 Å². The highest BCUT2D eigenvalue weighted by molar-refractivity contribution is 6.30. The molecule has 20 heavy (non-hydrogen) atoms. The third-order valence-corrected chi connectivity index (χ3v) is 3.74. The Morgan fingerprint density at radius 1 is 1.10 bits per heavy atom. The molecule has 0 saturated carbocycles. The Bertz CT molecular complexity index is 533. The van der Waals surface area contributed by atoms with Gasteiger partial charge in [-0.15, -0.1) is 0 Å². The van der Waals surface area contributed by atoms with E-state index in [1.807, 2.05) is 24.3 Å². The summed E-state index contributed by atoms with van der Waals surface area (Å²) in [6.45, 7) is 4.40. The van der Waals surface area contributed by atoms with Crippen molar-refractivity contribution in [1.29, 1.82) is 0 Å². The van der Waals surface area contributed by atoms with Crippen LogP contribution >= 0.6 is 11.6 Å². The van der Waals surface area contributed by atoms with Gasteiger partial charge >= 0.3 is 0 Å². The van der Waals surface area contributed by atoms with E-state index < -0.39 is 0 Å². The van der Waals surface area contributed by atoms with Crippen molar-refractivity contribution in [3.8, 4) is 0 Å². The Morgan fingerprint density at radius 2 is 1.85 bits per heavy atom. The van der Waals surface area contributed by atoms with Gasteiger partial charge in [0, 0.05) is 16.8 Å². The van der Waals surface area contributed by atoms with Crippen molar-refractivity contribution in [2.24, 2.45) is 0 Å². The minimum atomic E-state index is 0.272. The van der Waals surface area contributed by atoms with E-state index in [0.29, 0.717) is 0 Å². The van der Waals surface area contributed by atoms with Gasteiger partial charge < -0.3 is 5.32 Å². The Balaban J connectivity index is 2.00. The molecule has 0 radical (unpaired) electrons. The number of rotatable bonds is 6. The fraction of sp³-hybridized carbons (Fsp3) is 0.333. The summed E-state index contributed by atoms with van der Waals surface area (Å²) in [6, 6.07) is 17.0. The number of unbranched alkanes of at least 4 members (excludes halogenated alkanes) is 1. The van der Waals surface area contributed by atoms with Crippen LogP contribution in [0.15, 0.2) is 48.5 Å². The fourth-order valence-corrected chi connectivity index (χ4v) is 2.46. The van der Waals surface area contributed by atoms with E-state index in [1.54, 1.807) is 0 Å². The molecule has 0 aliphatic heterocycles. The lowest BCUT2D eigenvalue weighted by Crippen LogP contribution is -2.06. The Kier molecular flexibility index (Phi) is 5.49. The molecule has 0 aliphatic carbocycles. The molecule has 0 fully saturated rings. The molecule has 1 N–H and O–H groups in total. The second kappa shape index (κ2) is 7.35. The Morgan fingerprint density at radius 3 is 2.50 bits per heavy atom. The van der Waals surface area contributed by atoms with Crippen molar-refractivity contribution < 1.29 is 0 Å². The van der Waals surface area contributed by atoms with Crippen molar-refractivity contribution in [2.45, 2.75) is 39.2 Å². The third-order valence-electron chi connectivity index (χ3n) is 3.51. The largest absolute Gasteiger partial charge is 0.378 e. The van der Waals surface area contributed by atoms with Gasteiger partial charge in [0.2, 0.25) is 0 Å². The van der Waals surface area contributed by atoms with E-state index in [1.165, 1.54) is 30.4 Å². The van der Waals surface area contributed by atoms with Crippen molar-refractivity contribution in [1.82, 2.24) is 0 Å². The number of benzene rings is 2. The van der Waals surface area contributed by atoms with Crippen LogP contribution in [0.3, 0.4) is 0 Å². The molecule has 0 spiro atoms. The number of nitrogens with one attached hydrogen (secondary N) is 1. The van der Waals surface area contributed by atoms with Gasteiger partial charge in [-0.25, -0.2) is 0 Å². The maximum absolute atomic E-state index is 6.00. The smallest absolute Gasteiger partial charge is 0.0485 e. The number of anilines is 1. The number of hydrogen-bond donors (Lipinski definition) is 1. The second-order valence-corrected chi connectivity index (χ2v) is 5.66. The van der Waals surface area contributed by atoms with Gasteiger partial charge in [-0.2, -0.15) is 0 Å². The quantitative estimate of drug-likeness (QED) is 0.702. The van der Waals surface area contributed by atoms with Crippen molar-refractivity contribution >= 4 is 17.3 Å². The predicted octanol–water partition coefficient (Wildman–Crippen LogP) is 5.86. The molecule has 1 atom stereocenters. The molecule has 0 amide bonds. The van der Waals surface area contributed by atoms with Gasteiger partial charge in [0.05, 0.1) is 0 Å². The van der Waals surface area contributed by atoms with Gasteiger partial charge in [0.25, 0.3) is 0 Å². The summed E-state index contributed by atoms with van der Waals surface area (Å²) in [5, 5.41) is 4.24. The lowest BCUT2D eigenvalue weighted by molar-refractivity contribution is 0.793. The Labute approximate surface area is 127 Å². The average molecular weight is 288 g/mol. The van der Waals surface area contributed by atoms with Crippen molar-refractivity contribution in [2.75, 3.05) is 5.32 Å². The van der Waals surface area contributed by atoms with Gasteiger partial charge in [-0.05, 0) is 49.1 Å². The standard InChI is InChI=1S/C18H22ClN/c1-3-4-6-15-9-11-16(12-10-15)14(2)20-18-8-5-7-17(19)13-18/h5,7-14,20H,3-4,6H2,1-2H3. The minimum Gasteiger partial charge on any atom is -0.378 e. The summed E-state index contributed by atoms with van der Waals surface area (Å²) in [6.07, 6.45) is 3.68. The molecule has 0 bridgehead atoms. The van der Waals surface area contributed by atoms with Gasteiger partial charge in [0.15, 0.2) is 0 Å². The summed E-state index contributed by atoms with van der Waals surface area (Å²) < 4.78 is 0. The van der Waals surface area contributed by atoms with E-state index in [4.69, 9.17) is 11.6 Å². The summed E-state index contributed by atoms with van der Waals surface area (Å²) in [7, 11) is 0. The van der Waals surface area contributed by atoms with Crippen LogP contribution in [0.1, 0.15) is 43.9 Å². The highest BCUT2D eigenvalue weighted by Crippen LogP contribution is 2.22. The molecule has 2 aromatic carbocycles. The SMILES string of the molecule is CCCCc1ccc(C(C)Nc2cccc(Cl)c2)cc1. The van der Waals surface area contributed by atoms with E-state index in [2.05, 4.69) is 43.4 Å². The van der Waals surface area contributed by atoms with E-state index >= 15 is 0 Å². The second-order valence-electron chi connectivity index (χ2n) is 5.22. The molecule has 2 rings (SSSR count). The molecule has 0 saturated heterocycles. The number of aryl methyl sites for hydroxylation is 1. The molecule has 0 heterocycles. The van der Waals surface area contributed by atoms with Crippen molar-refractivity contribution in [3.63, 3.8) is 0 Å². The zero-order valence-electron chi connectivity index (χ0n) is 12.2. The molecule has 1 nitrogen and oxygen atoms in total. The maximum Gasteiger partial charge on any atom is 0.0485 e. The molecule has 106 valence electrons. The van der Waals surface area contributed by atoms with Crippen LogP contribution in [0.25, 0.3) is 0 Å². The molecular weight excluding hydrogens is 266 g/mol. The normalized spacial score (nSPS) is 12.2. The molecule has 0 aromatic heterocycles. The summed E-state index contributed by atoms with van der Waals surface area (Å²) in [5.74, 6) is 0. The summed E-state index contributed by atoms with van der Waals surface area (Å²) in [4.78, 5) is 0. The monoisotopic (exact) mass is 287 g/mol. The van der Waals surface area contributed by atoms with E-state index in [0.717, 1.165) is 10.7 Å². The fourth-order valence-electron chi connectivity index (χ4n) is 2.27. The maximum atomic E-state index is 6.00. The molecule has 0 aliphatic rings. The molecule has 1 unspecified atom stereocenters. The van der Waals surface area contributed by atoms with Gasteiger partial charge in [-0.3, -0.25) is 0 Å². The molecular formula is C18H22ClN. The van der Waals surface area contributed by atoms with Crippen LogP contribution < -0.4 is 5.32 Å². The zero-order chi connectivity index (χ0) is 14.4. The van der Waals surface area contributed by atoms with Gasteiger partial charge in [0.1, 0.15) is 0 Å². The van der Waals surface area contributed by atoms with Crippen LogP contribution in [0.5, 0.6) is 0 Å². The first-order chi connectivity index (χ1) is 9.69. The van der Waals surface area contributed by atoms with E-state index in [9.17, 15) is 0 Å². The average Bonchev–Trinajstić information content (AvgIpc) is 2.45. The first kappa shape index (κ1) is 14.9. The predicted molar refractivity (Wildman–Crippen MR) is 88.5 cm³/mol. The highest BCUT2D eigenvalue weighted by atomic mass is 35.5. The minimum absolute atomic E-state index is 0.272. The zero-order valence-corrected chi connectivity index (χ0v) is 13.0. The van der Waals surface area contributed by atoms with Crippen LogP contribution in [-0.2, 0) is 6.42 Å². The molecule has 2 aromatic rings. The first-order valence-electron chi connectivity index (χ1n) is 7.30. The summed E-state index contributed by atoms with van der Waals surface area (Å²) in [5.41, 5.74) is 3.77. The lowest BCUT2D eigenvalue weighted by Gasteiger charge is -2.16. The van der Waals surface area contributed by atoms with Crippen molar-refractivity contribution in [3.05, 3.63) is 64.7 Å². The molecule has 2 heteroatoms. The highest BCUT2D eigenvalue weighted by Gasteiger charge is 2.05. The van der Waals surface area contributed by atoms with Crippen LogP contribution in [-0.4, -0.2) is 0 Å². The third kappa shape index (κ3) is 4.28. The number of hydrogen-bond acceptors (Lipinski definition) is 1.